The van der Waals surface area contributed by atoms with Crippen LogP contribution in [0.5, 0.6) is 0 Å². The molecular formula is C33H46N2O3. The molecule has 0 aromatic carbocycles. The molecule has 5 rings (SSSR count). The standard InChI is InChI=1S/C33H46N2O3/c1-28(2)11-13-33(25(37)9-15-34)14-12-32(7)26(21(33)18-28)22(36)16-24-30(5)17-20(19-35)27(38)29(3,4)23(30)8-10-31(24,32)6/h17,21,23-26,37H,8-14,16,18H2,1-7H3/t21-,23+,24-,25?,26+,30+,31-,32-,33+/m1/s1. The van der Waals surface area contributed by atoms with Crippen molar-refractivity contribution in [3.8, 4) is 12.1 Å². The number of hydrogen-bond acceptors (Lipinski definition) is 5. The summed E-state index contributed by atoms with van der Waals surface area (Å²) in [6, 6.07) is 4.42. The van der Waals surface area contributed by atoms with E-state index in [1.54, 1.807) is 0 Å². The quantitative estimate of drug-likeness (QED) is 0.446. The molecule has 0 saturated heterocycles. The molecule has 5 aliphatic carbocycles. The molecule has 4 saturated carbocycles. The highest BCUT2D eigenvalue weighted by molar-refractivity contribution is 6.04. The summed E-state index contributed by atoms with van der Waals surface area (Å²) in [7, 11) is 0. The lowest BCUT2D eigenvalue weighted by Crippen LogP contribution is -2.69. The van der Waals surface area contributed by atoms with Crippen molar-refractivity contribution < 1.29 is 14.7 Å². The maximum atomic E-state index is 14.5. The van der Waals surface area contributed by atoms with Crippen LogP contribution in [0.2, 0.25) is 0 Å². The zero-order chi connectivity index (χ0) is 28.1. The third-order valence-corrected chi connectivity index (χ3v) is 13.5. The number of nitrogens with zero attached hydrogens (tertiary/aromatic N) is 2. The fourth-order valence-electron chi connectivity index (χ4n) is 11.2. The van der Waals surface area contributed by atoms with Crippen LogP contribution >= 0.6 is 0 Å². The summed E-state index contributed by atoms with van der Waals surface area (Å²) >= 11 is 0. The zero-order valence-electron chi connectivity index (χ0n) is 24.5. The van der Waals surface area contributed by atoms with Crippen LogP contribution in [0.15, 0.2) is 11.6 Å². The van der Waals surface area contributed by atoms with E-state index in [0.717, 1.165) is 44.9 Å². The van der Waals surface area contributed by atoms with Gasteiger partial charge in [-0.3, -0.25) is 9.59 Å². The second kappa shape index (κ2) is 8.27. The van der Waals surface area contributed by atoms with Crippen LogP contribution in [-0.4, -0.2) is 22.8 Å². The molecule has 0 aromatic heterocycles. The molecule has 0 bridgehead atoms. The number of aliphatic hydroxyl groups excluding tert-OH is 1. The van der Waals surface area contributed by atoms with Gasteiger partial charge in [-0.25, -0.2) is 0 Å². The molecule has 0 aliphatic heterocycles. The second-order valence-electron chi connectivity index (χ2n) is 15.8. The molecule has 1 N–H and O–H groups in total. The Hall–Kier alpha value is -1.98. The Morgan fingerprint density at radius 2 is 1.61 bits per heavy atom. The molecule has 9 atom stereocenters. The third kappa shape index (κ3) is 3.30. The topological polar surface area (TPSA) is 102 Å². The molecule has 5 heteroatoms. The first-order chi connectivity index (χ1) is 17.5. The van der Waals surface area contributed by atoms with E-state index in [-0.39, 0.29) is 63.1 Å². The van der Waals surface area contributed by atoms with Crippen molar-refractivity contribution in [2.24, 2.45) is 56.2 Å². The Kier molecular flexibility index (Phi) is 6.00. The van der Waals surface area contributed by atoms with Gasteiger partial charge in [0.05, 0.1) is 24.2 Å². The number of fused-ring (bicyclic) bond motifs is 7. The van der Waals surface area contributed by atoms with Gasteiger partial charge in [0.25, 0.3) is 0 Å². The Bertz CT molecular complexity index is 1190. The first-order valence-corrected chi connectivity index (χ1v) is 14.8. The molecule has 38 heavy (non-hydrogen) atoms. The number of ketones is 2. The fraction of sp³-hybridized carbons (Fsp3) is 0.818. The van der Waals surface area contributed by atoms with E-state index in [1.807, 2.05) is 19.9 Å². The first kappa shape index (κ1) is 27.6. The molecule has 0 spiro atoms. The van der Waals surface area contributed by atoms with E-state index < -0.39 is 16.9 Å². The second-order valence-corrected chi connectivity index (χ2v) is 15.8. The molecule has 4 fully saturated rings. The third-order valence-electron chi connectivity index (χ3n) is 13.5. The van der Waals surface area contributed by atoms with Crippen LogP contribution in [-0.2, 0) is 9.59 Å². The number of hydrogen-bond donors (Lipinski definition) is 1. The summed E-state index contributed by atoms with van der Waals surface area (Å²) < 4.78 is 0. The summed E-state index contributed by atoms with van der Waals surface area (Å²) in [4.78, 5) is 27.8. The number of rotatable bonds is 2. The van der Waals surface area contributed by atoms with Crippen molar-refractivity contribution in [2.75, 3.05) is 0 Å². The summed E-state index contributed by atoms with van der Waals surface area (Å²) in [6.45, 7) is 15.5. The van der Waals surface area contributed by atoms with Gasteiger partial charge in [0.2, 0.25) is 0 Å². The average molecular weight is 519 g/mol. The van der Waals surface area contributed by atoms with Crippen molar-refractivity contribution in [1.29, 1.82) is 10.5 Å². The highest BCUT2D eigenvalue weighted by Crippen LogP contribution is 2.76. The maximum Gasteiger partial charge on any atom is 0.178 e. The van der Waals surface area contributed by atoms with Crippen LogP contribution in [0, 0.1) is 78.8 Å². The predicted molar refractivity (Wildman–Crippen MR) is 145 cm³/mol. The monoisotopic (exact) mass is 518 g/mol. The predicted octanol–water partition coefficient (Wildman–Crippen LogP) is 6.56. The maximum absolute atomic E-state index is 14.5. The van der Waals surface area contributed by atoms with E-state index in [9.17, 15) is 25.2 Å². The van der Waals surface area contributed by atoms with E-state index in [0.29, 0.717) is 12.2 Å². The van der Waals surface area contributed by atoms with Gasteiger partial charge in [0, 0.05) is 23.2 Å². The van der Waals surface area contributed by atoms with E-state index in [1.165, 1.54) is 0 Å². The lowest BCUT2D eigenvalue weighted by Gasteiger charge is -2.72. The van der Waals surface area contributed by atoms with Gasteiger partial charge in [-0.15, -0.1) is 0 Å². The largest absolute Gasteiger partial charge is 0.391 e. The minimum absolute atomic E-state index is 0.0596. The van der Waals surface area contributed by atoms with Crippen molar-refractivity contribution >= 4 is 11.6 Å². The van der Waals surface area contributed by atoms with Crippen molar-refractivity contribution in [3.63, 3.8) is 0 Å². The van der Waals surface area contributed by atoms with E-state index >= 15 is 0 Å². The van der Waals surface area contributed by atoms with E-state index in [4.69, 9.17) is 0 Å². The Morgan fingerprint density at radius 3 is 2.24 bits per heavy atom. The van der Waals surface area contributed by atoms with Gasteiger partial charge in [-0.1, -0.05) is 54.5 Å². The van der Waals surface area contributed by atoms with Gasteiger partial charge >= 0.3 is 0 Å². The number of carbonyl (C=O) groups excluding carboxylic acids is 2. The lowest BCUT2D eigenvalue weighted by molar-refractivity contribution is -0.234. The minimum atomic E-state index is -0.698. The van der Waals surface area contributed by atoms with Crippen LogP contribution in [0.25, 0.3) is 0 Å². The first-order valence-electron chi connectivity index (χ1n) is 14.8. The van der Waals surface area contributed by atoms with Gasteiger partial charge in [0.1, 0.15) is 11.9 Å². The molecule has 5 aliphatic rings. The smallest absolute Gasteiger partial charge is 0.178 e. The SMILES string of the molecule is CC1(C)CC[C@]2(C(O)CC#N)CC[C@]3(C)[C@H](C(=O)C[C@@H]4[C@@]5(C)C=C(C#N)C(=O)C(C)(C)[C@@H]5CC[C@]43C)[C@H]2C1. The molecule has 5 nitrogen and oxygen atoms in total. The van der Waals surface area contributed by atoms with Gasteiger partial charge < -0.3 is 5.11 Å². The Balaban J connectivity index is 1.64. The molecule has 0 aromatic rings. The molecule has 0 radical (unpaired) electrons. The zero-order valence-corrected chi connectivity index (χ0v) is 24.5. The van der Waals surface area contributed by atoms with Crippen molar-refractivity contribution in [2.45, 2.75) is 112 Å². The molecule has 0 heterocycles. The van der Waals surface area contributed by atoms with Crippen LogP contribution < -0.4 is 0 Å². The van der Waals surface area contributed by atoms with Crippen molar-refractivity contribution in [3.05, 3.63) is 11.6 Å². The van der Waals surface area contributed by atoms with Crippen LogP contribution in [0.3, 0.4) is 0 Å². The van der Waals surface area contributed by atoms with Crippen molar-refractivity contribution in [1.82, 2.24) is 0 Å². The van der Waals surface area contributed by atoms with Gasteiger partial charge in [-0.05, 0) is 84.4 Å². The Labute approximate surface area is 229 Å². The van der Waals surface area contributed by atoms with Crippen LogP contribution in [0.4, 0.5) is 0 Å². The lowest BCUT2D eigenvalue weighted by atomic mass is 9.31. The summed E-state index contributed by atoms with van der Waals surface area (Å²) in [5, 5.41) is 30.8. The normalized spacial score (nSPS) is 47.7. The number of aliphatic hydroxyl groups is 1. The molecular weight excluding hydrogens is 472 g/mol. The molecule has 206 valence electrons. The number of nitriles is 2. The number of allylic oxidation sites excluding steroid dienone is 2. The van der Waals surface area contributed by atoms with Gasteiger partial charge in [0.15, 0.2) is 5.78 Å². The summed E-state index contributed by atoms with van der Waals surface area (Å²) in [5.41, 5.74) is -1.41. The van der Waals surface area contributed by atoms with Crippen LogP contribution in [0.1, 0.15) is 106 Å². The summed E-state index contributed by atoms with van der Waals surface area (Å²) in [6.07, 6.45) is 8.23. The minimum Gasteiger partial charge on any atom is -0.391 e. The fourth-order valence-corrected chi connectivity index (χ4v) is 11.2. The summed E-state index contributed by atoms with van der Waals surface area (Å²) in [5.74, 6) is 0.331. The number of Topliss-reactive ketones (excluding diaryl/α,β-unsaturated/α-hetero) is 2. The van der Waals surface area contributed by atoms with E-state index in [2.05, 4.69) is 46.8 Å². The molecule has 0 amide bonds. The molecule has 1 unspecified atom stereocenters. The number of carbonyl (C=O) groups is 2. The average Bonchev–Trinajstić information content (AvgIpc) is 2.82. The highest BCUT2D eigenvalue weighted by Gasteiger charge is 2.72. The van der Waals surface area contributed by atoms with Gasteiger partial charge in [-0.2, -0.15) is 10.5 Å². The Morgan fingerprint density at radius 1 is 0.947 bits per heavy atom. The highest BCUT2D eigenvalue weighted by atomic mass is 16.3.